The summed E-state index contributed by atoms with van der Waals surface area (Å²) in [4.78, 5) is 51.0. The van der Waals surface area contributed by atoms with Gasteiger partial charge in [0.25, 0.3) is 11.5 Å². The minimum absolute atomic E-state index is 0.0744. The van der Waals surface area contributed by atoms with Crippen LogP contribution in [-0.4, -0.2) is 40.1 Å². The van der Waals surface area contributed by atoms with Crippen molar-refractivity contribution in [2.24, 2.45) is 0 Å². The Kier molecular flexibility index (Phi) is 6.42. The van der Waals surface area contributed by atoms with Gasteiger partial charge in [-0.25, -0.2) is 9.78 Å². The number of imide groups is 1. The standard InChI is InChI=1S/C17H20N4O5/c1-11(2)19-17(25)20-14(22)9-26-15(23)7-8-21-10-18-13-6-4-3-5-12(13)16(21)24/h3-6,10-11H,7-9H2,1-2H3,(H2,19,20,22,25). The Morgan fingerprint density at radius 3 is 2.69 bits per heavy atom. The first-order valence-corrected chi connectivity index (χ1v) is 8.07. The van der Waals surface area contributed by atoms with E-state index in [0.29, 0.717) is 10.9 Å². The third kappa shape index (κ3) is 5.40. The molecule has 0 aliphatic carbocycles. The molecule has 9 nitrogen and oxygen atoms in total. The lowest BCUT2D eigenvalue weighted by Gasteiger charge is -2.10. The average Bonchev–Trinajstić information content (AvgIpc) is 2.59. The van der Waals surface area contributed by atoms with E-state index < -0.39 is 24.5 Å². The van der Waals surface area contributed by atoms with Gasteiger partial charge in [-0.15, -0.1) is 0 Å². The Labute approximate surface area is 149 Å². The summed E-state index contributed by atoms with van der Waals surface area (Å²) in [5.41, 5.74) is 0.319. The van der Waals surface area contributed by atoms with Crippen LogP contribution in [0.3, 0.4) is 0 Å². The van der Waals surface area contributed by atoms with Gasteiger partial charge >= 0.3 is 12.0 Å². The zero-order chi connectivity index (χ0) is 19.1. The first kappa shape index (κ1) is 19.1. The quantitative estimate of drug-likeness (QED) is 0.727. The summed E-state index contributed by atoms with van der Waals surface area (Å²) < 4.78 is 6.10. The van der Waals surface area contributed by atoms with E-state index in [1.54, 1.807) is 38.1 Å². The highest BCUT2D eigenvalue weighted by Crippen LogP contribution is 2.04. The van der Waals surface area contributed by atoms with Crippen LogP contribution in [0.4, 0.5) is 4.79 Å². The van der Waals surface area contributed by atoms with Crippen LogP contribution < -0.4 is 16.2 Å². The van der Waals surface area contributed by atoms with E-state index in [4.69, 9.17) is 4.74 Å². The summed E-state index contributed by atoms with van der Waals surface area (Å²) >= 11 is 0. The average molecular weight is 360 g/mol. The Balaban J connectivity index is 1.82. The van der Waals surface area contributed by atoms with Gasteiger partial charge in [0, 0.05) is 12.6 Å². The highest BCUT2D eigenvalue weighted by Gasteiger charge is 2.12. The summed E-state index contributed by atoms with van der Waals surface area (Å²) in [6.45, 7) is 2.99. The van der Waals surface area contributed by atoms with E-state index in [1.165, 1.54) is 10.9 Å². The molecule has 2 rings (SSSR count). The maximum atomic E-state index is 12.3. The molecule has 0 unspecified atom stereocenters. The van der Waals surface area contributed by atoms with Gasteiger partial charge in [-0.1, -0.05) is 12.1 Å². The number of carbonyl (C=O) groups is 3. The van der Waals surface area contributed by atoms with Crippen LogP contribution in [0.1, 0.15) is 20.3 Å². The fourth-order valence-corrected chi connectivity index (χ4v) is 2.16. The third-order valence-electron chi connectivity index (χ3n) is 3.33. The molecule has 2 aromatic rings. The normalized spacial score (nSPS) is 10.6. The van der Waals surface area contributed by atoms with E-state index in [0.717, 1.165) is 0 Å². The molecule has 0 aliphatic heterocycles. The van der Waals surface area contributed by atoms with Crippen LogP contribution in [-0.2, 0) is 20.9 Å². The number of urea groups is 1. The number of hydrogen-bond donors (Lipinski definition) is 2. The van der Waals surface area contributed by atoms with Crippen LogP contribution in [0.15, 0.2) is 35.4 Å². The van der Waals surface area contributed by atoms with E-state index in [-0.39, 0.29) is 24.6 Å². The highest BCUT2D eigenvalue weighted by molar-refractivity contribution is 5.95. The van der Waals surface area contributed by atoms with Gasteiger partial charge < -0.3 is 10.1 Å². The molecule has 0 saturated heterocycles. The highest BCUT2D eigenvalue weighted by atomic mass is 16.5. The van der Waals surface area contributed by atoms with Crippen molar-refractivity contribution in [1.82, 2.24) is 20.2 Å². The molecule has 1 aromatic carbocycles. The van der Waals surface area contributed by atoms with Crippen molar-refractivity contribution >= 4 is 28.8 Å². The second kappa shape index (κ2) is 8.75. The Morgan fingerprint density at radius 1 is 1.23 bits per heavy atom. The molecule has 2 N–H and O–H groups in total. The largest absolute Gasteiger partial charge is 0.456 e. The summed E-state index contributed by atoms with van der Waals surface area (Å²) in [6, 6.07) is 6.12. The van der Waals surface area contributed by atoms with Gasteiger partial charge in [-0.3, -0.25) is 24.3 Å². The fourth-order valence-electron chi connectivity index (χ4n) is 2.16. The van der Waals surface area contributed by atoms with Crippen LogP contribution in [0.2, 0.25) is 0 Å². The molecule has 1 heterocycles. The van der Waals surface area contributed by atoms with Crippen molar-refractivity contribution in [1.29, 1.82) is 0 Å². The fraction of sp³-hybridized carbons (Fsp3) is 0.353. The van der Waals surface area contributed by atoms with Crippen LogP contribution in [0, 0.1) is 0 Å². The summed E-state index contributed by atoms with van der Waals surface area (Å²) in [5, 5.41) is 4.97. The molecule has 0 saturated carbocycles. The maximum Gasteiger partial charge on any atom is 0.321 e. The van der Waals surface area contributed by atoms with E-state index in [2.05, 4.69) is 10.3 Å². The maximum absolute atomic E-state index is 12.3. The van der Waals surface area contributed by atoms with Gasteiger partial charge in [-0.05, 0) is 26.0 Å². The SMILES string of the molecule is CC(C)NC(=O)NC(=O)COC(=O)CCn1cnc2ccccc2c1=O. The monoisotopic (exact) mass is 360 g/mol. The zero-order valence-corrected chi connectivity index (χ0v) is 14.5. The number of para-hydroxylation sites is 1. The molecule has 0 aliphatic rings. The summed E-state index contributed by atoms with van der Waals surface area (Å²) in [6.07, 6.45) is 1.26. The van der Waals surface area contributed by atoms with Gasteiger partial charge in [0.15, 0.2) is 6.61 Å². The number of rotatable bonds is 6. The molecule has 26 heavy (non-hydrogen) atoms. The van der Waals surface area contributed by atoms with Gasteiger partial charge in [0.1, 0.15) is 0 Å². The van der Waals surface area contributed by atoms with Gasteiger partial charge in [0.05, 0.1) is 23.7 Å². The van der Waals surface area contributed by atoms with E-state index >= 15 is 0 Å². The van der Waals surface area contributed by atoms with Gasteiger partial charge in [-0.2, -0.15) is 0 Å². The second-order valence-corrected chi connectivity index (χ2v) is 5.85. The van der Waals surface area contributed by atoms with Crippen LogP contribution in [0.5, 0.6) is 0 Å². The smallest absolute Gasteiger partial charge is 0.321 e. The molecule has 0 atom stereocenters. The van der Waals surface area contributed by atoms with E-state index in [1.807, 2.05) is 5.32 Å². The molecule has 0 spiro atoms. The first-order valence-electron chi connectivity index (χ1n) is 8.07. The summed E-state index contributed by atoms with van der Waals surface area (Å²) in [5.74, 6) is -1.40. The molecular formula is C17H20N4O5. The van der Waals surface area contributed by atoms with Crippen molar-refractivity contribution < 1.29 is 19.1 Å². The van der Waals surface area contributed by atoms with Crippen molar-refractivity contribution in [2.45, 2.75) is 32.9 Å². The lowest BCUT2D eigenvalue weighted by molar-refractivity contribution is -0.148. The first-order chi connectivity index (χ1) is 12.4. The number of benzene rings is 1. The van der Waals surface area contributed by atoms with E-state index in [9.17, 15) is 19.2 Å². The molecule has 0 bridgehead atoms. The molecule has 138 valence electrons. The number of aryl methyl sites for hydroxylation is 1. The van der Waals surface area contributed by atoms with Crippen molar-refractivity contribution in [3.63, 3.8) is 0 Å². The van der Waals surface area contributed by atoms with Crippen molar-refractivity contribution in [3.8, 4) is 0 Å². The molecular weight excluding hydrogens is 340 g/mol. The third-order valence-corrected chi connectivity index (χ3v) is 3.33. The van der Waals surface area contributed by atoms with Gasteiger partial charge in [0.2, 0.25) is 0 Å². The molecule has 1 aromatic heterocycles. The number of nitrogens with zero attached hydrogens (tertiary/aromatic N) is 2. The minimum Gasteiger partial charge on any atom is -0.456 e. The number of esters is 1. The lowest BCUT2D eigenvalue weighted by Crippen LogP contribution is -2.44. The van der Waals surface area contributed by atoms with Crippen molar-refractivity contribution in [3.05, 3.63) is 40.9 Å². The number of aromatic nitrogens is 2. The number of carbonyl (C=O) groups excluding carboxylic acids is 3. The molecule has 0 radical (unpaired) electrons. The molecule has 9 heteroatoms. The predicted octanol–water partition coefficient (Wildman–Crippen LogP) is 0.564. The Bertz CT molecular complexity index is 875. The molecule has 3 amide bonds. The number of hydrogen-bond acceptors (Lipinski definition) is 6. The second-order valence-electron chi connectivity index (χ2n) is 5.85. The number of amides is 3. The number of fused-ring (bicyclic) bond motifs is 1. The Morgan fingerprint density at radius 2 is 1.96 bits per heavy atom. The molecule has 0 fully saturated rings. The van der Waals surface area contributed by atoms with Crippen LogP contribution in [0.25, 0.3) is 10.9 Å². The number of nitrogens with one attached hydrogen (secondary N) is 2. The summed E-state index contributed by atoms with van der Waals surface area (Å²) in [7, 11) is 0. The van der Waals surface area contributed by atoms with Crippen LogP contribution >= 0.6 is 0 Å². The predicted molar refractivity (Wildman–Crippen MR) is 93.4 cm³/mol. The van der Waals surface area contributed by atoms with Crippen molar-refractivity contribution in [2.75, 3.05) is 6.61 Å². The zero-order valence-electron chi connectivity index (χ0n) is 14.5. The minimum atomic E-state index is -0.735. The Hall–Kier alpha value is -3.23. The lowest BCUT2D eigenvalue weighted by atomic mass is 10.2. The number of ether oxygens (including phenoxy) is 1. The topological polar surface area (TPSA) is 119 Å².